The van der Waals surface area contributed by atoms with Crippen LogP contribution in [0.1, 0.15) is 17.0 Å². The van der Waals surface area contributed by atoms with Crippen LogP contribution in [0, 0.1) is 0 Å². The lowest BCUT2D eigenvalue weighted by Crippen LogP contribution is -2.38. The fourth-order valence-corrected chi connectivity index (χ4v) is 2.80. The second-order valence-corrected chi connectivity index (χ2v) is 6.57. The van der Waals surface area contributed by atoms with Crippen LogP contribution in [-0.2, 0) is 24.3 Å². The molecule has 0 unspecified atom stereocenters. The number of nitrogens with zero attached hydrogens (tertiary/aromatic N) is 4. The smallest absolute Gasteiger partial charge is 0.367 e. The number of benzene rings is 1. The van der Waals surface area contributed by atoms with Crippen molar-refractivity contribution in [3.05, 3.63) is 65.6 Å². The van der Waals surface area contributed by atoms with Crippen LogP contribution in [0.4, 0.5) is 13.2 Å². The second-order valence-electron chi connectivity index (χ2n) is 6.57. The van der Waals surface area contributed by atoms with E-state index in [1.54, 1.807) is 19.2 Å². The van der Waals surface area contributed by atoms with Gasteiger partial charge in [0.1, 0.15) is 12.4 Å². The van der Waals surface area contributed by atoms with E-state index >= 15 is 0 Å². The molecule has 0 saturated heterocycles. The molecule has 30 heavy (non-hydrogen) atoms. The Morgan fingerprint density at radius 2 is 1.83 bits per heavy atom. The Morgan fingerprint density at radius 3 is 2.57 bits per heavy atom. The summed E-state index contributed by atoms with van der Waals surface area (Å²) in [5.74, 6) is 1.50. The van der Waals surface area contributed by atoms with Crippen LogP contribution in [0.3, 0.4) is 0 Å². The number of alkyl halides is 3. The molecule has 2 heterocycles. The second kappa shape index (κ2) is 10.1. The van der Waals surface area contributed by atoms with E-state index in [1.165, 1.54) is 0 Å². The van der Waals surface area contributed by atoms with Gasteiger partial charge in [-0.1, -0.05) is 30.3 Å². The summed E-state index contributed by atoms with van der Waals surface area (Å²) >= 11 is 0. The number of guanidine groups is 1. The molecule has 0 aliphatic carbocycles. The number of aromatic nitrogens is 3. The zero-order valence-electron chi connectivity index (χ0n) is 16.5. The minimum absolute atomic E-state index is 0.0756. The topological polar surface area (TPSA) is 75.8 Å². The molecule has 0 saturated carbocycles. The highest BCUT2D eigenvalue weighted by atomic mass is 19.4. The first-order valence-electron chi connectivity index (χ1n) is 9.40. The summed E-state index contributed by atoms with van der Waals surface area (Å²) in [5, 5.41) is 14.7. The van der Waals surface area contributed by atoms with Gasteiger partial charge >= 0.3 is 6.18 Å². The highest BCUT2D eigenvalue weighted by Crippen LogP contribution is 2.15. The summed E-state index contributed by atoms with van der Waals surface area (Å²) in [5.41, 5.74) is 2.47. The van der Waals surface area contributed by atoms with E-state index in [0.717, 1.165) is 17.0 Å². The number of pyridine rings is 1. The summed E-state index contributed by atoms with van der Waals surface area (Å²) in [6.07, 6.45) is -1.71. The summed E-state index contributed by atoms with van der Waals surface area (Å²) in [6.45, 7) is -0.168. The standard InChI is InChI=1S/C20H23F3N6O/c1-24-19(25-10-9-18-28-27-17-4-2-3-11-29(17)18)26-12-15-5-7-16(8-6-15)13-30-14-20(21,22)23/h2-8,11H,9-10,12-14H2,1H3,(H2,24,25,26). The number of hydrogen-bond donors (Lipinski definition) is 2. The molecule has 0 aliphatic rings. The van der Waals surface area contributed by atoms with Crippen LogP contribution < -0.4 is 10.6 Å². The molecule has 3 rings (SSSR count). The lowest BCUT2D eigenvalue weighted by atomic mass is 10.1. The van der Waals surface area contributed by atoms with Crippen molar-refractivity contribution in [2.24, 2.45) is 4.99 Å². The largest absolute Gasteiger partial charge is 0.411 e. The van der Waals surface area contributed by atoms with Gasteiger partial charge in [0.05, 0.1) is 6.61 Å². The average Bonchev–Trinajstić information content (AvgIpc) is 3.14. The van der Waals surface area contributed by atoms with E-state index < -0.39 is 12.8 Å². The Morgan fingerprint density at radius 1 is 1.07 bits per heavy atom. The molecule has 160 valence electrons. The third kappa shape index (κ3) is 6.45. The van der Waals surface area contributed by atoms with Crippen molar-refractivity contribution in [3.63, 3.8) is 0 Å². The van der Waals surface area contributed by atoms with Gasteiger partial charge in [-0.05, 0) is 23.3 Å². The van der Waals surface area contributed by atoms with Crippen molar-refractivity contribution in [1.82, 2.24) is 25.2 Å². The first kappa shape index (κ1) is 21.6. The van der Waals surface area contributed by atoms with Crippen molar-refractivity contribution in [2.75, 3.05) is 20.2 Å². The lowest BCUT2D eigenvalue weighted by Gasteiger charge is -2.12. The van der Waals surface area contributed by atoms with Gasteiger partial charge < -0.3 is 15.4 Å². The third-order valence-electron chi connectivity index (χ3n) is 4.27. The number of fused-ring (bicyclic) bond motifs is 1. The number of halogens is 3. The molecule has 0 amide bonds. The number of rotatable bonds is 8. The maximum Gasteiger partial charge on any atom is 0.411 e. The minimum atomic E-state index is -4.31. The molecular formula is C20H23F3N6O. The highest BCUT2D eigenvalue weighted by molar-refractivity contribution is 5.79. The zero-order chi connectivity index (χ0) is 21.4. The van der Waals surface area contributed by atoms with E-state index in [2.05, 4.69) is 30.6 Å². The van der Waals surface area contributed by atoms with E-state index in [0.29, 0.717) is 31.0 Å². The molecule has 7 nitrogen and oxygen atoms in total. The maximum atomic E-state index is 12.1. The molecule has 0 bridgehead atoms. The first-order chi connectivity index (χ1) is 14.4. The monoisotopic (exact) mass is 420 g/mol. The van der Waals surface area contributed by atoms with E-state index in [4.69, 9.17) is 0 Å². The molecule has 0 radical (unpaired) electrons. The average molecular weight is 420 g/mol. The van der Waals surface area contributed by atoms with Crippen LogP contribution in [-0.4, -0.2) is 46.9 Å². The normalized spacial score (nSPS) is 12.3. The van der Waals surface area contributed by atoms with Gasteiger partial charge in [0.15, 0.2) is 11.6 Å². The molecule has 0 fully saturated rings. The van der Waals surface area contributed by atoms with Crippen molar-refractivity contribution in [2.45, 2.75) is 25.7 Å². The van der Waals surface area contributed by atoms with Gasteiger partial charge in [0, 0.05) is 32.8 Å². The number of ether oxygens (including phenoxy) is 1. The molecular weight excluding hydrogens is 397 g/mol. The molecule has 0 aliphatic heterocycles. The summed E-state index contributed by atoms with van der Waals surface area (Å²) < 4.78 is 42.9. The number of aliphatic imine (C=N–C) groups is 1. The summed E-state index contributed by atoms with van der Waals surface area (Å²) in [4.78, 5) is 4.19. The van der Waals surface area contributed by atoms with Crippen LogP contribution >= 0.6 is 0 Å². The predicted octanol–water partition coefficient (Wildman–Crippen LogP) is 2.72. The van der Waals surface area contributed by atoms with Gasteiger partial charge in [-0.2, -0.15) is 13.2 Å². The molecule has 0 spiro atoms. The number of hydrogen-bond acceptors (Lipinski definition) is 4. The van der Waals surface area contributed by atoms with Gasteiger partial charge in [0.25, 0.3) is 0 Å². The van der Waals surface area contributed by atoms with Crippen molar-refractivity contribution < 1.29 is 17.9 Å². The Hall–Kier alpha value is -3.14. The fraction of sp³-hybridized carbons (Fsp3) is 0.350. The molecule has 2 N–H and O–H groups in total. The van der Waals surface area contributed by atoms with Gasteiger partial charge in [-0.3, -0.25) is 9.39 Å². The summed E-state index contributed by atoms with van der Waals surface area (Å²) in [7, 11) is 1.68. The fourth-order valence-electron chi connectivity index (χ4n) is 2.80. The Kier molecular flexibility index (Phi) is 7.23. The Balaban J connectivity index is 1.41. The van der Waals surface area contributed by atoms with Crippen LogP contribution in [0.5, 0.6) is 0 Å². The molecule has 2 aromatic heterocycles. The van der Waals surface area contributed by atoms with Crippen LogP contribution in [0.15, 0.2) is 53.7 Å². The molecule has 0 atom stereocenters. The van der Waals surface area contributed by atoms with Crippen molar-refractivity contribution in [3.8, 4) is 0 Å². The Bertz CT molecular complexity index is 969. The molecule has 1 aromatic carbocycles. The Labute approximate surface area is 172 Å². The van der Waals surface area contributed by atoms with Gasteiger partial charge in [0.2, 0.25) is 0 Å². The van der Waals surface area contributed by atoms with Gasteiger partial charge in [-0.15, -0.1) is 10.2 Å². The van der Waals surface area contributed by atoms with Crippen LogP contribution in [0.25, 0.3) is 5.65 Å². The van der Waals surface area contributed by atoms with E-state index in [-0.39, 0.29) is 6.61 Å². The third-order valence-corrected chi connectivity index (χ3v) is 4.27. The van der Waals surface area contributed by atoms with E-state index in [1.807, 2.05) is 40.9 Å². The minimum Gasteiger partial charge on any atom is -0.367 e. The zero-order valence-corrected chi connectivity index (χ0v) is 16.5. The quantitative estimate of drug-likeness (QED) is 0.433. The van der Waals surface area contributed by atoms with Crippen molar-refractivity contribution >= 4 is 11.6 Å². The predicted molar refractivity (Wildman–Crippen MR) is 107 cm³/mol. The first-order valence-corrected chi connectivity index (χ1v) is 9.40. The van der Waals surface area contributed by atoms with Crippen molar-refractivity contribution in [1.29, 1.82) is 0 Å². The van der Waals surface area contributed by atoms with Gasteiger partial charge in [-0.25, -0.2) is 0 Å². The summed E-state index contributed by atoms with van der Waals surface area (Å²) in [6, 6.07) is 12.9. The molecule has 3 aromatic rings. The van der Waals surface area contributed by atoms with Crippen LogP contribution in [0.2, 0.25) is 0 Å². The SMILES string of the molecule is CN=C(NCCc1nnc2ccccn12)NCc1ccc(COCC(F)(F)F)cc1. The highest BCUT2D eigenvalue weighted by Gasteiger charge is 2.27. The molecule has 10 heteroatoms. The number of nitrogens with one attached hydrogen (secondary N) is 2. The van der Waals surface area contributed by atoms with E-state index in [9.17, 15) is 13.2 Å². The lowest BCUT2D eigenvalue weighted by molar-refractivity contribution is -0.176. The maximum absolute atomic E-state index is 12.1.